The van der Waals surface area contributed by atoms with Gasteiger partial charge in [-0.3, -0.25) is 19.7 Å². The summed E-state index contributed by atoms with van der Waals surface area (Å²) in [4.78, 5) is 33.9. The summed E-state index contributed by atoms with van der Waals surface area (Å²) in [6.07, 6.45) is 0. The highest BCUT2D eigenvalue weighted by Gasteiger charge is 2.16. The van der Waals surface area contributed by atoms with Crippen LogP contribution in [-0.2, 0) is 9.59 Å². The van der Waals surface area contributed by atoms with Crippen LogP contribution < -0.4 is 10.6 Å². The van der Waals surface area contributed by atoms with Gasteiger partial charge in [0.2, 0.25) is 0 Å². The fourth-order valence-corrected chi connectivity index (χ4v) is 1.98. The lowest BCUT2D eigenvalue weighted by Crippen LogP contribution is -2.29. The molecule has 2 amide bonds. The van der Waals surface area contributed by atoms with Crippen LogP contribution in [0.4, 0.5) is 17.1 Å². The normalized spacial score (nSPS) is 10.0. The minimum absolute atomic E-state index is 0.155. The van der Waals surface area contributed by atoms with E-state index < -0.39 is 16.7 Å². The van der Waals surface area contributed by atoms with Crippen LogP contribution in [0.2, 0.25) is 5.02 Å². The van der Waals surface area contributed by atoms with Crippen molar-refractivity contribution in [2.45, 2.75) is 6.92 Å². The number of nitro benzene ring substituents is 1. The van der Waals surface area contributed by atoms with Crippen LogP contribution in [-0.4, -0.2) is 16.7 Å². The van der Waals surface area contributed by atoms with E-state index in [2.05, 4.69) is 10.6 Å². The second kappa shape index (κ2) is 6.89. The van der Waals surface area contributed by atoms with Crippen LogP contribution in [0.25, 0.3) is 0 Å². The molecule has 0 aliphatic heterocycles. The van der Waals surface area contributed by atoms with Crippen molar-refractivity contribution in [3.8, 4) is 0 Å². The highest BCUT2D eigenvalue weighted by molar-refractivity contribution is 6.44. The molecule has 0 bridgehead atoms. The summed E-state index contributed by atoms with van der Waals surface area (Å²) in [6.45, 7) is 1.70. The first-order valence-corrected chi connectivity index (χ1v) is 6.88. The fraction of sp³-hybridized carbons (Fsp3) is 0.0667. The molecular formula is C15H12ClN3O4. The maximum absolute atomic E-state index is 11.9. The molecule has 2 rings (SSSR count). The van der Waals surface area contributed by atoms with Crippen LogP contribution in [0.5, 0.6) is 0 Å². The van der Waals surface area contributed by atoms with E-state index in [1.54, 1.807) is 25.1 Å². The summed E-state index contributed by atoms with van der Waals surface area (Å²) >= 11 is 5.94. The Hall–Kier alpha value is -2.93. The van der Waals surface area contributed by atoms with Gasteiger partial charge in [0.15, 0.2) is 0 Å². The fourth-order valence-electron chi connectivity index (χ4n) is 1.81. The molecule has 0 fully saturated rings. The van der Waals surface area contributed by atoms with Crippen LogP contribution in [0.1, 0.15) is 5.56 Å². The number of benzene rings is 2. The standard InChI is InChI=1S/C15H12ClN3O4/c1-9-12(16)6-3-7-13(9)18-15(21)14(20)17-10-4-2-5-11(8-10)19(22)23/h2-8H,1H3,(H,17,20)(H,18,21). The van der Waals surface area contributed by atoms with Crippen LogP contribution in [0.3, 0.4) is 0 Å². The van der Waals surface area contributed by atoms with Crippen molar-refractivity contribution >= 4 is 40.5 Å². The average molecular weight is 334 g/mol. The van der Waals surface area contributed by atoms with Crippen molar-refractivity contribution in [3.63, 3.8) is 0 Å². The first kappa shape index (κ1) is 16.4. The van der Waals surface area contributed by atoms with Gasteiger partial charge in [0.25, 0.3) is 5.69 Å². The summed E-state index contributed by atoms with van der Waals surface area (Å²) < 4.78 is 0. The number of rotatable bonds is 3. The van der Waals surface area contributed by atoms with E-state index in [1.807, 2.05) is 0 Å². The van der Waals surface area contributed by atoms with Gasteiger partial charge >= 0.3 is 11.8 Å². The van der Waals surface area contributed by atoms with Crippen LogP contribution in [0.15, 0.2) is 42.5 Å². The number of amides is 2. The Morgan fingerprint density at radius 1 is 1.09 bits per heavy atom. The van der Waals surface area contributed by atoms with Gasteiger partial charge in [0.05, 0.1) is 4.92 Å². The number of carbonyl (C=O) groups excluding carboxylic acids is 2. The smallest absolute Gasteiger partial charge is 0.314 e. The summed E-state index contributed by atoms with van der Waals surface area (Å²) in [6, 6.07) is 10.2. The zero-order valence-corrected chi connectivity index (χ0v) is 12.8. The minimum atomic E-state index is -0.940. The number of hydrogen-bond acceptors (Lipinski definition) is 4. The molecule has 0 aliphatic carbocycles. The number of anilines is 2. The molecule has 118 valence electrons. The molecule has 0 unspecified atom stereocenters. The number of non-ortho nitro benzene ring substituents is 1. The van der Waals surface area contributed by atoms with Gasteiger partial charge < -0.3 is 10.6 Å². The van der Waals surface area contributed by atoms with Crippen LogP contribution >= 0.6 is 11.6 Å². The van der Waals surface area contributed by atoms with Gasteiger partial charge in [0, 0.05) is 28.5 Å². The van der Waals surface area contributed by atoms with E-state index in [0.717, 1.165) is 6.07 Å². The van der Waals surface area contributed by atoms with E-state index in [9.17, 15) is 19.7 Å². The predicted octanol–water partition coefficient (Wildman–Crippen LogP) is 3.13. The summed E-state index contributed by atoms with van der Waals surface area (Å²) in [7, 11) is 0. The number of halogens is 1. The van der Waals surface area contributed by atoms with Crippen molar-refractivity contribution in [1.82, 2.24) is 0 Å². The first-order chi connectivity index (χ1) is 10.9. The third-order valence-electron chi connectivity index (χ3n) is 3.04. The lowest BCUT2D eigenvalue weighted by atomic mass is 10.2. The summed E-state index contributed by atoms with van der Waals surface area (Å²) in [5.74, 6) is -1.84. The van der Waals surface area contributed by atoms with Crippen molar-refractivity contribution in [2.24, 2.45) is 0 Å². The molecule has 0 heterocycles. The molecule has 0 aliphatic rings. The molecular weight excluding hydrogens is 322 g/mol. The van der Waals surface area contributed by atoms with E-state index in [0.29, 0.717) is 16.3 Å². The van der Waals surface area contributed by atoms with E-state index >= 15 is 0 Å². The highest BCUT2D eigenvalue weighted by atomic mass is 35.5. The van der Waals surface area contributed by atoms with Crippen LogP contribution in [0, 0.1) is 17.0 Å². The number of nitrogens with one attached hydrogen (secondary N) is 2. The Morgan fingerprint density at radius 2 is 1.74 bits per heavy atom. The maximum atomic E-state index is 11.9. The molecule has 0 saturated carbocycles. The summed E-state index contributed by atoms with van der Waals surface area (Å²) in [5, 5.41) is 15.9. The molecule has 7 nitrogen and oxygen atoms in total. The zero-order valence-electron chi connectivity index (χ0n) is 12.0. The SMILES string of the molecule is Cc1c(Cl)cccc1NC(=O)C(=O)Nc1cccc([N+](=O)[O-])c1. The Morgan fingerprint density at radius 3 is 2.43 bits per heavy atom. The molecule has 23 heavy (non-hydrogen) atoms. The minimum Gasteiger partial charge on any atom is -0.318 e. The molecule has 0 radical (unpaired) electrons. The molecule has 0 atom stereocenters. The van der Waals surface area contributed by atoms with Crippen molar-refractivity contribution in [1.29, 1.82) is 0 Å². The van der Waals surface area contributed by atoms with Gasteiger partial charge in [-0.05, 0) is 30.7 Å². The Bertz CT molecular complexity index is 792. The Balaban J connectivity index is 2.08. The van der Waals surface area contributed by atoms with Gasteiger partial charge in [0.1, 0.15) is 0 Å². The quantitative estimate of drug-likeness (QED) is 0.511. The Kier molecular flexibility index (Phi) is 4.92. The average Bonchev–Trinajstić information content (AvgIpc) is 2.52. The lowest BCUT2D eigenvalue weighted by Gasteiger charge is -2.09. The van der Waals surface area contributed by atoms with Crippen molar-refractivity contribution in [3.05, 3.63) is 63.2 Å². The van der Waals surface area contributed by atoms with E-state index in [1.165, 1.54) is 18.2 Å². The maximum Gasteiger partial charge on any atom is 0.314 e. The molecule has 0 saturated heterocycles. The van der Waals surface area contributed by atoms with Gasteiger partial charge in [-0.25, -0.2) is 0 Å². The molecule has 2 aromatic carbocycles. The number of carbonyl (C=O) groups is 2. The number of nitro groups is 1. The van der Waals surface area contributed by atoms with E-state index in [4.69, 9.17) is 11.6 Å². The molecule has 0 spiro atoms. The topological polar surface area (TPSA) is 101 Å². The zero-order chi connectivity index (χ0) is 17.0. The molecule has 2 N–H and O–H groups in total. The third-order valence-corrected chi connectivity index (χ3v) is 3.45. The number of nitrogens with zero attached hydrogens (tertiary/aromatic N) is 1. The van der Waals surface area contributed by atoms with Gasteiger partial charge in [-0.2, -0.15) is 0 Å². The Labute approximate surface area is 136 Å². The molecule has 2 aromatic rings. The summed E-state index contributed by atoms with van der Waals surface area (Å²) in [5.41, 5.74) is 1.01. The second-order valence-electron chi connectivity index (χ2n) is 4.63. The lowest BCUT2D eigenvalue weighted by molar-refractivity contribution is -0.384. The third kappa shape index (κ3) is 4.04. The molecule has 8 heteroatoms. The van der Waals surface area contributed by atoms with Crippen molar-refractivity contribution < 1.29 is 14.5 Å². The monoisotopic (exact) mass is 333 g/mol. The largest absolute Gasteiger partial charge is 0.318 e. The van der Waals surface area contributed by atoms with Crippen molar-refractivity contribution in [2.75, 3.05) is 10.6 Å². The van der Waals surface area contributed by atoms with Gasteiger partial charge in [-0.15, -0.1) is 0 Å². The highest BCUT2D eigenvalue weighted by Crippen LogP contribution is 2.23. The predicted molar refractivity (Wildman–Crippen MR) is 86.5 cm³/mol. The second-order valence-corrected chi connectivity index (χ2v) is 5.04. The number of hydrogen-bond donors (Lipinski definition) is 2. The van der Waals surface area contributed by atoms with E-state index in [-0.39, 0.29) is 11.4 Å². The van der Waals surface area contributed by atoms with Gasteiger partial charge in [-0.1, -0.05) is 23.7 Å². The molecule has 0 aromatic heterocycles. The first-order valence-electron chi connectivity index (χ1n) is 6.50.